The topological polar surface area (TPSA) is 77.1 Å². The third-order valence-electron chi connectivity index (χ3n) is 3.35. The van der Waals surface area contributed by atoms with Gasteiger partial charge < -0.3 is 9.73 Å². The number of nitrogens with one attached hydrogen (secondary N) is 1. The second-order valence-corrected chi connectivity index (χ2v) is 5.03. The second-order valence-electron chi connectivity index (χ2n) is 5.03. The molecule has 21 heavy (non-hydrogen) atoms. The Morgan fingerprint density at radius 1 is 1.33 bits per heavy atom. The molecule has 0 unspecified atom stereocenters. The molecule has 0 fully saturated rings. The fourth-order valence-corrected chi connectivity index (χ4v) is 2.21. The summed E-state index contributed by atoms with van der Waals surface area (Å²) in [5.41, 5.74) is 0.570. The van der Waals surface area contributed by atoms with Crippen molar-refractivity contribution in [3.63, 3.8) is 0 Å². The molecule has 0 aliphatic rings. The van der Waals surface area contributed by atoms with Crippen LogP contribution in [-0.2, 0) is 0 Å². The number of nitrogens with zero attached hydrogens (tertiary/aromatic N) is 2. The highest BCUT2D eigenvalue weighted by Crippen LogP contribution is 2.08. The summed E-state index contributed by atoms with van der Waals surface area (Å²) in [6.45, 7) is 2.73. The zero-order chi connectivity index (χ0) is 15.1. The van der Waals surface area contributed by atoms with E-state index in [0.29, 0.717) is 12.1 Å². The molecule has 0 atom stereocenters. The van der Waals surface area contributed by atoms with Crippen molar-refractivity contribution in [1.82, 2.24) is 14.9 Å². The third-order valence-corrected chi connectivity index (χ3v) is 3.35. The quantitative estimate of drug-likeness (QED) is 0.795. The standard InChI is InChI=1S/C15H21N3O3.H2/c1-2-3-4-5-6-7-10-17-14(19)18-13-12(21-15(18)20)9-8-11-16-13;/h8-9,11H,2-7,10H2,1H3,(H,17,19);1H. The van der Waals surface area contributed by atoms with Crippen molar-refractivity contribution < 1.29 is 10.6 Å². The van der Waals surface area contributed by atoms with Crippen LogP contribution in [0.25, 0.3) is 11.2 Å². The minimum Gasteiger partial charge on any atom is -0.406 e. The normalized spacial score (nSPS) is 10.9. The van der Waals surface area contributed by atoms with Crippen molar-refractivity contribution in [3.05, 3.63) is 28.9 Å². The van der Waals surface area contributed by atoms with E-state index < -0.39 is 11.8 Å². The maximum absolute atomic E-state index is 12.0. The van der Waals surface area contributed by atoms with Crippen LogP contribution in [0.5, 0.6) is 0 Å². The third kappa shape index (κ3) is 3.93. The zero-order valence-electron chi connectivity index (χ0n) is 12.3. The van der Waals surface area contributed by atoms with Gasteiger partial charge in [-0.3, -0.25) is 0 Å². The molecular weight excluding hydrogens is 270 g/mol. The number of hydrogen-bond donors (Lipinski definition) is 1. The lowest BCUT2D eigenvalue weighted by atomic mass is 10.1. The van der Waals surface area contributed by atoms with Gasteiger partial charge in [0.2, 0.25) is 0 Å². The van der Waals surface area contributed by atoms with E-state index in [4.69, 9.17) is 4.42 Å². The molecule has 0 radical (unpaired) electrons. The van der Waals surface area contributed by atoms with E-state index >= 15 is 0 Å². The van der Waals surface area contributed by atoms with Crippen molar-refractivity contribution in [2.24, 2.45) is 0 Å². The Bertz CT molecular complexity index is 651. The van der Waals surface area contributed by atoms with E-state index in [0.717, 1.165) is 17.4 Å². The molecular formula is C15H23N3O3. The molecule has 6 nitrogen and oxygen atoms in total. The molecule has 6 heteroatoms. The fourth-order valence-electron chi connectivity index (χ4n) is 2.21. The van der Waals surface area contributed by atoms with E-state index in [1.807, 2.05) is 0 Å². The van der Waals surface area contributed by atoms with Crippen molar-refractivity contribution in [2.45, 2.75) is 45.4 Å². The number of carbonyl (C=O) groups excluding carboxylic acids is 1. The molecule has 0 bridgehead atoms. The number of amides is 1. The van der Waals surface area contributed by atoms with E-state index in [-0.39, 0.29) is 7.07 Å². The molecule has 0 aliphatic carbocycles. The largest absolute Gasteiger partial charge is 0.429 e. The minimum atomic E-state index is -0.704. The van der Waals surface area contributed by atoms with Crippen LogP contribution in [0.4, 0.5) is 4.79 Å². The predicted molar refractivity (Wildman–Crippen MR) is 82.6 cm³/mol. The first kappa shape index (κ1) is 15.3. The number of pyridine rings is 1. The number of rotatable bonds is 7. The summed E-state index contributed by atoms with van der Waals surface area (Å²) in [5.74, 6) is -0.704. The molecule has 0 saturated carbocycles. The summed E-state index contributed by atoms with van der Waals surface area (Å²) in [5, 5.41) is 2.73. The lowest BCUT2D eigenvalue weighted by Crippen LogP contribution is -2.34. The van der Waals surface area contributed by atoms with Crippen LogP contribution in [0.2, 0.25) is 0 Å². The average molecular weight is 293 g/mol. The molecule has 0 spiro atoms. The molecule has 0 aromatic carbocycles. The molecule has 2 aromatic heterocycles. The van der Waals surface area contributed by atoms with Gasteiger partial charge in [-0.15, -0.1) is 0 Å². The van der Waals surface area contributed by atoms with Crippen LogP contribution in [-0.4, -0.2) is 22.1 Å². The van der Waals surface area contributed by atoms with Gasteiger partial charge in [0.1, 0.15) is 0 Å². The zero-order valence-corrected chi connectivity index (χ0v) is 12.3. The lowest BCUT2D eigenvalue weighted by molar-refractivity contribution is 0.241. The van der Waals surface area contributed by atoms with Crippen molar-refractivity contribution in [1.29, 1.82) is 0 Å². The van der Waals surface area contributed by atoms with Gasteiger partial charge in [0.15, 0.2) is 11.2 Å². The van der Waals surface area contributed by atoms with Crippen LogP contribution >= 0.6 is 0 Å². The Kier molecular flexibility index (Phi) is 5.54. The van der Waals surface area contributed by atoms with Gasteiger partial charge in [-0.2, -0.15) is 4.57 Å². The Morgan fingerprint density at radius 2 is 2.10 bits per heavy atom. The minimum absolute atomic E-state index is 0. The predicted octanol–water partition coefficient (Wildman–Crippen LogP) is 3.15. The second kappa shape index (κ2) is 7.61. The first-order chi connectivity index (χ1) is 10.2. The maximum atomic E-state index is 12.0. The van der Waals surface area contributed by atoms with Gasteiger partial charge in [0.05, 0.1) is 0 Å². The van der Waals surface area contributed by atoms with Crippen LogP contribution in [0.15, 0.2) is 27.5 Å². The van der Waals surface area contributed by atoms with Gasteiger partial charge in [-0.1, -0.05) is 39.0 Å². The number of carbonyl (C=O) groups is 1. The average Bonchev–Trinajstić information content (AvgIpc) is 2.82. The van der Waals surface area contributed by atoms with Crippen LogP contribution in [0, 0.1) is 0 Å². The molecule has 0 saturated heterocycles. The number of unbranched alkanes of at least 4 members (excludes halogenated alkanes) is 5. The molecule has 2 rings (SSSR count). The van der Waals surface area contributed by atoms with Crippen LogP contribution in [0.3, 0.4) is 0 Å². The van der Waals surface area contributed by atoms with Gasteiger partial charge in [-0.05, 0) is 18.6 Å². The molecule has 2 aromatic rings. The first-order valence-corrected chi connectivity index (χ1v) is 7.49. The number of aromatic nitrogens is 2. The summed E-state index contributed by atoms with van der Waals surface area (Å²) < 4.78 is 5.91. The summed E-state index contributed by atoms with van der Waals surface area (Å²) in [6.07, 6.45) is 8.41. The highest BCUT2D eigenvalue weighted by Gasteiger charge is 2.15. The SMILES string of the molecule is CCCCCCCCNC(=O)n1c(=O)oc2cccnc21.[HH]. The van der Waals surface area contributed by atoms with Crippen molar-refractivity contribution in [2.75, 3.05) is 6.54 Å². The molecule has 1 amide bonds. The molecule has 1 N–H and O–H groups in total. The van der Waals surface area contributed by atoms with Crippen LogP contribution in [0.1, 0.15) is 46.9 Å². The fraction of sp³-hybridized carbons (Fsp3) is 0.533. The Labute approximate surface area is 124 Å². The Balaban J connectivity index is 0.00000242. The molecule has 0 aliphatic heterocycles. The van der Waals surface area contributed by atoms with E-state index in [1.54, 1.807) is 12.1 Å². The number of oxazole rings is 1. The Morgan fingerprint density at radius 3 is 2.90 bits per heavy atom. The van der Waals surface area contributed by atoms with Crippen molar-refractivity contribution >= 4 is 17.3 Å². The van der Waals surface area contributed by atoms with Crippen molar-refractivity contribution in [3.8, 4) is 0 Å². The van der Waals surface area contributed by atoms with E-state index in [2.05, 4.69) is 17.2 Å². The van der Waals surface area contributed by atoms with Gasteiger partial charge in [0, 0.05) is 14.2 Å². The van der Waals surface area contributed by atoms with E-state index in [9.17, 15) is 9.59 Å². The lowest BCUT2D eigenvalue weighted by Gasteiger charge is -2.04. The van der Waals surface area contributed by atoms with Gasteiger partial charge in [0.25, 0.3) is 0 Å². The van der Waals surface area contributed by atoms with Gasteiger partial charge in [-0.25, -0.2) is 14.6 Å². The maximum Gasteiger partial charge on any atom is 0.429 e. The smallest absolute Gasteiger partial charge is 0.406 e. The number of fused-ring (bicyclic) bond motifs is 1. The van der Waals surface area contributed by atoms with Crippen LogP contribution < -0.4 is 11.1 Å². The van der Waals surface area contributed by atoms with E-state index in [1.165, 1.54) is 31.9 Å². The molecule has 116 valence electrons. The van der Waals surface area contributed by atoms with Gasteiger partial charge >= 0.3 is 11.8 Å². The first-order valence-electron chi connectivity index (χ1n) is 7.49. The molecule has 2 heterocycles. The Hall–Kier alpha value is -2.11. The number of hydrogen-bond acceptors (Lipinski definition) is 4. The summed E-state index contributed by atoms with van der Waals surface area (Å²) >= 11 is 0. The highest BCUT2D eigenvalue weighted by atomic mass is 16.4. The monoisotopic (exact) mass is 293 g/mol. The summed E-state index contributed by atoms with van der Waals surface area (Å²) in [4.78, 5) is 27.7. The summed E-state index contributed by atoms with van der Waals surface area (Å²) in [7, 11) is 0. The highest BCUT2D eigenvalue weighted by molar-refractivity contribution is 5.85. The summed E-state index contributed by atoms with van der Waals surface area (Å²) in [6, 6.07) is 2.79.